The van der Waals surface area contributed by atoms with E-state index in [1.165, 1.54) is 0 Å². The lowest BCUT2D eigenvalue weighted by molar-refractivity contribution is 0.252. The highest BCUT2D eigenvalue weighted by Crippen LogP contribution is 2.43. The highest BCUT2D eigenvalue weighted by Gasteiger charge is 2.39. The number of nitrogens with zero attached hydrogens (tertiary/aromatic N) is 2. The molecule has 16 heavy (non-hydrogen) atoms. The van der Waals surface area contributed by atoms with Crippen LogP contribution in [0.2, 0.25) is 0 Å². The summed E-state index contributed by atoms with van der Waals surface area (Å²) in [5.41, 5.74) is 0.956. The molecular weight excluding hydrogens is 272 g/mol. The molecule has 0 aliphatic heterocycles. The van der Waals surface area contributed by atoms with Crippen LogP contribution in [0.25, 0.3) is 0 Å². The smallest absolute Gasteiger partial charge is 0.320 e. The molecule has 1 aliphatic carbocycles. The van der Waals surface area contributed by atoms with Crippen LogP contribution in [0.1, 0.15) is 18.4 Å². The van der Waals surface area contributed by atoms with E-state index in [4.69, 9.17) is 0 Å². The molecule has 0 unspecified atom stereocenters. The fourth-order valence-corrected chi connectivity index (χ4v) is 1.77. The first-order chi connectivity index (χ1) is 7.48. The number of aromatic nitrogens is 2. The molecule has 2 amide bonds. The molecule has 1 fully saturated rings. The van der Waals surface area contributed by atoms with Crippen molar-refractivity contribution < 1.29 is 4.79 Å². The standard InChI is InChI=1S/C10H15BrN4O/c1-7-5-15(2)14-8(7)13-9(16)12-6-10(11)3-4-10/h5H,3-4,6H2,1-2H3,(H2,12,13,14,16). The zero-order chi connectivity index (χ0) is 11.8. The first-order valence-electron chi connectivity index (χ1n) is 5.23. The number of hydrogen-bond acceptors (Lipinski definition) is 2. The molecule has 1 saturated carbocycles. The van der Waals surface area contributed by atoms with Crippen molar-refractivity contribution in [3.8, 4) is 0 Å². The molecule has 1 aromatic heterocycles. The van der Waals surface area contributed by atoms with Gasteiger partial charge < -0.3 is 5.32 Å². The molecule has 0 radical (unpaired) electrons. The summed E-state index contributed by atoms with van der Waals surface area (Å²) in [4.78, 5) is 11.6. The van der Waals surface area contributed by atoms with Crippen molar-refractivity contribution in [3.63, 3.8) is 0 Å². The minimum Gasteiger partial charge on any atom is -0.336 e. The number of urea groups is 1. The van der Waals surface area contributed by atoms with Gasteiger partial charge in [-0.05, 0) is 19.8 Å². The molecule has 0 saturated heterocycles. The fraction of sp³-hybridized carbons (Fsp3) is 0.600. The molecule has 0 aromatic carbocycles. The number of nitrogens with one attached hydrogen (secondary N) is 2. The van der Waals surface area contributed by atoms with Crippen LogP contribution in [0.3, 0.4) is 0 Å². The molecular formula is C10H15BrN4O. The number of alkyl halides is 1. The zero-order valence-electron chi connectivity index (χ0n) is 9.38. The van der Waals surface area contributed by atoms with Crippen LogP contribution in [0, 0.1) is 6.92 Å². The maximum absolute atomic E-state index is 11.6. The molecule has 0 bridgehead atoms. The van der Waals surface area contributed by atoms with Crippen LogP contribution in [0.4, 0.5) is 10.6 Å². The van der Waals surface area contributed by atoms with Crippen molar-refractivity contribution in [2.24, 2.45) is 7.05 Å². The van der Waals surface area contributed by atoms with Crippen molar-refractivity contribution in [1.82, 2.24) is 15.1 Å². The van der Waals surface area contributed by atoms with Gasteiger partial charge in [-0.2, -0.15) is 5.10 Å². The third kappa shape index (κ3) is 2.75. The van der Waals surface area contributed by atoms with E-state index in [0.29, 0.717) is 12.4 Å². The molecule has 6 heteroatoms. The average Bonchev–Trinajstić information content (AvgIpc) is 2.85. The van der Waals surface area contributed by atoms with Gasteiger partial charge in [-0.3, -0.25) is 10.00 Å². The summed E-state index contributed by atoms with van der Waals surface area (Å²) in [6, 6.07) is -0.201. The maximum atomic E-state index is 11.6. The molecule has 2 rings (SSSR count). The van der Waals surface area contributed by atoms with Gasteiger partial charge in [0.25, 0.3) is 0 Å². The van der Waals surface area contributed by atoms with Crippen molar-refractivity contribution >= 4 is 27.8 Å². The van der Waals surface area contributed by atoms with Crippen molar-refractivity contribution in [2.45, 2.75) is 24.1 Å². The molecule has 1 heterocycles. The Labute approximate surface area is 103 Å². The SMILES string of the molecule is Cc1cn(C)nc1NC(=O)NCC1(Br)CC1. The van der Waals surface area contributed by atoms with Crippen LogP contribution < -0.4 is 10.6 Å². The van der Waals surface area contributed by atoms with E-state index in [9.17, 15) is 4.79 Å². The van der Waals surface area contributed by atoms with Crippen LogP contribution >= 0.6 is 15.9 Å². The Morgan fingerprint density at radius 3 is 2.88 bits per heavy atom. The van der Waals surface area contributed by atoms with E-state index < -0.39 is 0 Å². The van der Waals surface area contributed by atoms with E-state index in [1.54, 1.807) is 4.68 Å². The summed E-state index contributed by atoms with van der Waals surface area (Å²) in [5.74, 6) is 0.611. The minimum absolute atomic E-state index is 0.142. The van der Waals surface area contributed by atoms with Gasteiger partial charge in [-0.15, -0.1) is 0 Å². The second-order valence-electron chi connectivity index (χ2n) is 4.29. The van der Waals surface area contributed by atoms with Gasteiger partial charge in [-0.1, -0.05) is 15.9 Å². The first-order valence-corrected chi connectivity index (χ1v) is 6.02. The van der Waals surface area contributed by atoms with E-state index in [2.05, 4.69) is 31.7 Å². The molecule has 5 nitrogen and oxygen atoms in total. The Balaban J connectivity index is 1.84. The summed E-state index contributed by atoms with van der Waals surface area (Å²) < 4.78 is 1.82. The van der Waals surface area contributed by atoms with Crippen molar-refractivity contribution in [2.75, 3.05) is 11.9 Å². The highest BCUT2D eigenvalue weighted by molar-refractivity contribution is 9.10. The number of aryl methyl sites for hydroxylation is 2. The fourth-order valence-electron chi connectivity index (χ4n) is 1.43. The van der Waals surface area contributed by atoms with Gasteiger partial charge in [-0.25, -0.2) is 4.79 Å². The van der Waals surface area contributed by atoms with Gasteiger partial charge in [0.2, 0.25) is 0 Å². The number of carbonyl (C=O) groups excluding carboxylic acids is 1. The van der Waals surface area contributed by atoms with Crippen LogP contribution in [0.5, 0.6) is 0 Å². The molecule has 2 N–H and O–H groups in total. The van der Waals surface area contributed by atoms with E-state index in [0.717, 1.165) is 18.4 Å². The zero-order valence-corrected chi connectivity index (χ0v) is 11.0. The lowest BCUT2D eigenvalue weighted by atomic mass is 10.4. The quantitative estimate of drug-likeness (QED) is 0.832. The summed E-state index contributed by atoms with van der Waals surface area (Å²) in [7, 11) is 1.83. The lowest BCUT2D eigenvalue weighted by Crippen LogP contribution is -2.34. The third-order valence-corrected chi connectivity index (χ3v) is 3.68. The van der Waals surface area contributed by atoms with Crippen LogP contribution in [-0.2, 0) is 7.05 Å². The maximum Gasteiger partial charge on any atom is 0.320 e. The largest absolute Gasteiger partial charge is 0.336 e. The number of hydrogen-bond donors (Lipinski definition) is 2. The van der Waals surface area contributed by atoms with E-state index in [1.807, 2.05) is 20.2 Å². The van der Waals surface area contributed by atoms with Gasteiger partial charge >= 0.3 is 6.03 Å². The van der Waals surface area contributed by atoms with Gasteiger partial charge in [0.1, 0.15) is 0 Å². The van der Waals surface area contributed by atoms with Gasteiger partial charge in [0.15, 0.2) is 5.82 Å². The Morgan fingerprint density at radius 1 is 1.69 bits per heavy atom. The predicted molar refractivity (Wildman–Crippen MR) is 65.9 cm³/mol. The summed E-state index contributed by atoms with van der Waals surface area (Å²) >= 11 is 3.56. The molecule has 1 aromatic rings. The summed E-state index contributed by atoms with van der Waals surface area (Å²) in [6.07, 6.45) is 4.11. The monoisotopic (exact) mass is 286 g/mol. The topological polar surface area (TPSA) is 59.0 Å². The average molecular weight is 287 g/mol. The van der Waals surface area contributed by atoms with Crippen LogP contribution in [0.15, 0.2) is 6.20 Å². The number of anilines is 1. The second-order valence-corrected chi connectivity index (χ2v) is 5.98. The van der Waals surface area contributed by atoms with Crippen molar-refractivity contribution in [3.05, 3.63) is 11.8 Å². The lowest BCUT2D eigenvalue weighted by Gasteiger charge is -2.09. The van der Waals surface area contributed by atoms with Crippen LogP contribution in [-0.4, -0.2) is 26.7 Å². The number of amides is 2. The Bertz CT molecular complexity index is 411. The second kappa shape index (κ2) is 4.08. The number of halogens is 1. The normalized spacial score (nSPS) is 16.9. The molecule has 0 spiro atoms. The van der Waals surface area contributed by atoms with E-state index in [-0.39, 0.29) is 10.4 Å². The first kappa shape index (κ1) is 11.4. The summed E-state index contributed by atoms with van der Waals surface area (Å²) in [5, 5.41) is 9.70. The third-order valence-electron chi connectivity index (χ3n) is 2.60. The Kier molecular flexibility index (Phi) is 2.92. The molecule has 1 aliphatic rings. The minimum atomic E-state index is -0.201. The Morgan fingerprint density at radius 2 is 2.38 bits per heavy atom. The Hall–Kier alpha value is -1.04. The predicted octanol–water partition coefficient (Wildman–Crippen LogP) is 1.78. The number of carbonyl (C=O) groups is 1. The molecule has 88 valence electrons. The van der Waals surface area contributed by atoms with Gasteiger partial charge in [0, 0.05) is 29.7 Å². The highest BCUT2D eigenvalue weighted by atomic mass is 79.9. The van der Waals surface area contributed by atoms with Crippen molar-refractivity contribution in [1.29, 1.82) is 0 Å². The molecule has 0 atom stereocenters. The van der Waals surface area contributed by atoms with E-state index >= 15 is 0 Å². The van der Waals surface area contributed by atoms with Gasteiger partial charge in [0.05, 0.1) is 0 Å². The number of rotatable bonds is 3. The summed E-state index contributed by atoms with van der Waals surface area (Å²) in [6.45, 7) is 2.57.